The minimum absolute atomic E-state index is 0.469. The lowest BCUT2D eigenvalue weighted by Gasteiger charge is -2.00. The van der Waals surface area contributed by atoms with E-state index in [2.05, 4.69) is 15.1 Å². The van der Waals surface area contributed by atoms with E-state index in [1.807, 2.05) is 37.3 Å². The van der Waals surface area contributed by atoms with Crippen molar-refractivity contribution in [3.63, 3.8) is 0 Å². The van der Waals surface area contributed by atoms with Crippen LogP contribution in [-0.2, 0) is 0 Å². The van der Waals surface area contributed by atoms with E-state index in [0.717, 1.165) is 16.7 Å². The van der Waals surface area contributed by atoms with Gasteiger partial charge in [-0.1, -0.05) is 17.3 Å². The van der Waals surface area contributed by atoms with Crippen LogP contribution in [-0.4, -0.2) is 15.1 Å². The van der Waals surface area contributed by atoms with Crippen molar-refractivity contribution in [2.24, 2.45) is 0 Å². The number of aryl methyl sites for hydroxylation is 1. The quantitative estimate of drug-likeness (QED) is 0.709. The van der Waals surface area contributed by atoms with Crippen LogP contribution in [0.15, 0.2) is 47.2 Å². The van der Waals surface area contributed by atoms with Gasteiger partial charge >= 0.3 is 0 Å². The van der Waals surface area contributed by atoms with E-state index in [9.17, 15) is 0 Å². The van der Waals surface area contributed by atoms with E-state index < -0.39 is 0 Å². The van der Waals surface area contributed by atoms with E-state index in [4.69, 9.17) is 10.3 Å². The number of rotatable bonds is 2. The molecule has 2 heterocycles. The Labute approximate surface area is 110 Å². The SMILES string of the molecule is Cc1ccc(-c2noc(-c3ccncc3)n2)cc1N. The van der Waals surface area contributed by atoms with Crippen LogP contribution < -0.4 is 5.73 Å². The molecule has 0 aliphatic heterocycles. The van der Waals surface area contributed by atoms with Crippen molar-refractivity contribution in [1.82, 2.24) is 15.1 Å². The number of nitrogen functional groups attached to an aromatic ring is 1. The lowest BCUT2D eigenvalue weighted by Crippen LogP contribution is -1.90. The third-order valence-electron chi connectivity index (χ3n) is 2.89. The number of anilines is 1. The molecular weight excluding hydrogens is 240 g/mol. The van der Waals surface area contributed by atoms with Gasteiger partial charge in [0.05, 0.1) is 0 Å². The van der Waals surface area contributed by atoms with Crippen LogP contribution in [0.2, 0.25) is 0 Å². The molecule has 5 heteroatoms. The van der Waals surface area contributed by atoms with Crippen molar-refractivity contribution in [3.8, 4) is 22.8 Å². The van der Waals surface area contributed by atoms with Gasteiger partial charge in [0.2, 0.25) is 5.82 Å². The van der Waals surface area contributed by atoms with Gasteiger partial charge in [0.1, 0.15) is 0 Å². The first kappa shape index (κ1) is 11.4. The van der Waals surface area contributed by atoms with Gasteiger partial charge in [-0.2, -0.15) is 4.98 Å². The summed E-state index contributed by atoms with van der Waals surface area (Å²) in [6.07, 6.45) is 3.37. The van der Waals surface area contributed by atoms with E-state index in [1.54, 1.807) is 12.4 Å². The number of hydrogen-bond donors (Lipinski definition) is 1. The Hall–Kier alpha value is -2.69. The molecule has 0 aliphatic carbocycles. The molecule has 3 rings (SSSR count). The van der Waals surface area contributed by atoms with Gasteiger partial charge in [0, 0.05) is 29.2 Å². The molecule has 0 radical (unpaired) electrons. The second kappa shape index (κ2) is 4.53. The maximum atomic E-state index is 5.88. The first-order chi connectivity index (χ1) is 9.24. The maximum absolute atomic E-state index is 5.88. The molecule has 1 aromatic carbocycles. The fourth-order valence-electron chi connectivity index (χ4n) is 1.73. The summed E-state index contributed by atoms with van der Waals surface area (Å²) in [5.74, 6) is 0.995. The van der Waals surface area contributed by atoms with Crippen LogP contribution >= 0.6 is 0 Å². The summed E-state index contributed by atoms with van der Waals surface area (Å²) in [5.41, 5.74) is 9.31. The largest absolute Gasteiger partial charge is 0.398 e. The molecule has 0 fully saturated rings. The highest BCUT2D eigenvalue weighted by atomic mass is 16.5. The van der Waals surface area contributed by atoms with Crippen molar-refractivity contribution >= 4 is 5.69 Å². The summed E-state index contributed by atoms with van der Waals surface area (Å²) in [7, 11) is 0. The number of nitrogens with zero attached hydrogens (tertiary/aromatic N) is 3. The third kappa shape index (κ3) is 2.18. The van der Waals surface area contributed by atoms with Crippen LogP contribution in [0.25, 0.3) is 22.8 Å². The minimum atomic E-state index is 0.469. The predicted molar refractivity (Wildman–Crippen MR) is 72.1 cm³/mol. The fraction of sp³-hybridized carbons (Fsp3) is 0.0714. The van der Waals surface area contributed by atoms with Crippen LogP contribution in [0, 0.1) is 6.92 Å². The number of nitrogens with two attached hydrogens (primary N) is 1. The summed E-state index contributed by atoms with van der Waals surface area (Å²) in [6.45, 7) is 1.96. The minimum Gasteiger partial charge on any atom is -0.398 e. The Bertz CT molecular complexity index is 706. The first-order valence-electron chi connectivity index (χ1n) is 5.84. The van der Waals surface area contributed by atoms with Crippen molar-refractivity contribution in [1.29, 1.82) is 0 Å². The van der Waals surface area contributed by atoms with Crippen LogP contribution in [0.1, 0.15) is 5.56 Å². The lowest BCUT2D eigenvalue weighted by molar-refractivity contribution is 0.432. The van der Waals surface area contributed by atoms with Gasteiger partial charge in [-0.3, -0.25) is 4.98 Å². The van der Waals surface area contributed by atoms with Crippen molar-refractivity contribution in [3.05, 3.63) is 48.3 Å². The standard InChI is InChI=1S/C14H12N4O/c1-9-2-3-11(8-12(9)15)13-17-14(19-18-13)10-4-6-16-7-5-10/h2-8H,15H2,1H3. The second-order valence-corrected chi connectivity index (χ2v) is 4.23. The monoisotopic (exact) mass is 252 g/mol. The average molecular weight is 252 g/mol. The number of aromatic nitrogens is 3. The Morgan fingerprint density at radius 3 is 2.58 bits per heavy atom. The van der Waals surface area contributed by atoms with Gasteiger partial charge in [-0.05, 0) is 30.7 Å². The van der Waals surface area contributed by atoms with Crippen LogP contribution in [0.5, 0.6) is 0 Å². The molecule has 0 atom stereocenters. The zero-order chi connectivity index (χ0) is 13.2. The summed E-state index contributed by atoms with van der Waals surface area (Å²) < 4.78 is 5.25. The molecule has 3 aromatic rings. The van der Waals surface area contributed by atoms with Crippen molar-refractivity contribution < 1.29 is 4.52 Å². The Morgan fingerprint density at radius 1 is 1.05 bits per heavy atom. The van der Waals surface area contributed by atoms with Crippen molar-refractivity contribution in [2.75, 3.05) is 5.73 Å². The van der Waals surface area contributed by atoms with Gasteiger partial charge < -0.3 is 10.3 Å². The third-order valence-corrected chi connectivity index (χ3v) is 2.89. The molecule has 0 aliphatic rings. The van der Waals surface area contributed by atoms with E-state index >= 15 is 0 Å². The van der Waals surface area contributed by atoms with E-state index in [0.29, 0.717) is 17.4 Å². The van der Waals surface area contributed by atoms with Crippen molar-refractivity contribution in [2.45, 2.75) is 6.92 Å². The smallest absolute Gasteiger partial charge is 0.258 e. The van der Waals surface area contributed by atoms with Crippen LogP contribution in [0.4, 0.5) is 5.69 Å². The lowest BCUT2D eigenvalue weighted by atomic mass is 10.1. The average Bonchev–Trinajstić information content (AvgIpc) is 2.93. The first-order valence-corrected chi connectivity index (χ1v) is 5.84. The highest BCUT2D eigenvalue weighted by Crippen LogP contribution is 2.24. The summed E-state index contributed by atoms with van der Waals surface area (Å²) in [4.78, 5) is 8.31. The molecule has 5 nitrogen and oxygen atoms in total. The highest BCUT2D eigenvalue weighted by molar-refractivity contribution is 5.65. The maximum Gasteiger partial charge on any atom is 0.258 e. The molecular formula is C14H12N4O. The predicted octanol–water partition coefficient (Wildman–Crippen LogP) is 2.69. The van der Waals surface area contributed by atoms with E-state index in [1.165, 1.54) is 0 Å². The molecule has 0 amide bonds. The molecule has 0 saturated carbocycles. The summed E-state index contributed by atoms with van der Waals surface area (Å²) in [5, 5.41) is 3.97. The molecule has 2 aromatic heterocycles. The summed E-state index contributed by atoms with van der Waals surface area (Å²) in [6, 6.07) is 9.35. The Kier molecular flexibility index (Phi) is 2.72. The van der Waals surface area contributed by atoms with E-state index in [-0.39, 0.29) is 0 Å². The second-order valence-electron chi connectivity index (χ2n) is 4.23. The molecule has 0 spiro atoms. The molecule has 2 N–H and O–H groups in total. The number of hydrogen-bond acceptors (Lipinski definition) is 5. The Morgan fingerprint density at radius 2 is 1.84 bits per heavy atom. The molecule has 0 saturated heterocycles. The number of pyridine rings is 1. The topological polar surface area (TPSA) is 77.8 Å². The summed E-state index contributed by atoms with van der Waals surface area (Å²) >= 11 is 0. The van der Waals surface area contributed by atoms with Gasteiger partial charge in [0.15, 0.2) is 0 Å². The van der Waals surface area contributed by atoms with Gasteiger partial charge in [-0.15, -0.1) is 0 Å². The molecule has 0 unspecified atom stereocenters. The normalized spacial score (nSPS) is 10.6. The molecule has 94 valence electrons. The fourth-order valence-corrected chi connectivity index (χ4v) is 1.73. The Balaban J connectivity index is 1.99. The number of benzene rings is 1. The molecule has 19 heavy (non-hydrogen) atoms. The highest BCUT2D eigenvalue weighted by Gasteiger charge is 2.10. The van der Waals surface area contributed by atoms with Gasteiger partial charge in [0.25, 0.3) is 5.89 Å². The molecule has 0 bridgehead atoms. The van der Waals surface area contributed by atoms with Gasteiger partial charge in [-0.25, -0.2) is 0 Å². The van der Waals surface area contributed by atoms with Crippen LogP contribution in [0.3, 0.4) is 0 Å². The zero-order valence-electron chi connectivity index (χ0n) is 10.4. The zero-order valence-corrected chi connectivity index (χ0v) is 10.4.